The van der Waals surface area contributed by atoms with Gasteiger partial charge in [0.2, 0.25) is 0 Å². The first kappa shape index (κ1) is 11.6. The molecule has 0 aliphatic carbocycles. The molecule has 1 amide bonds. The second kappa shape index (κ2) is 5.03. The monoisotopic (exact) mass is 270 g/mol. The van der Waals surface area contributed by atoms with E-state index in [2.05, 4.69) is 20.3 Å². The van der Waals surface area contributed by atoms with Crippen LogP contribution in [0, 0.1) is 0 Å². The number of hydrogen-bond acceptors (Lipinski definition) is 4. The van der Waals surface area contributed by atoms with Crippen molar-refractivity contribution in [3.8, 4) is 11.4 Å². The highest BCUT2D eigenvalue weighted by atomic mass is 32.1. The Morgan fingerprint density at radius 2 is 2.05 bits per heavy atom. The predicted molar refractivity (Wildman–Crippen MR) is 74.1 cm³/mol. The fourth-order valence-corrected chi connectivity index (χ4v) is 2.19. The lowest BCUT2D eigenvalue weighted by molar-refractivity contribution is 0.102. The summed E-state index contributed by atoms with van der Waals surface area (Å²) in [6, 6.07) is 7.47. The van der Waals surface area contributed by atoms with Crippen LogP contribution in [0.2, 0.25) is 0 Å². The number of carbonyl (C=O) groups excluding carboxylic acids is 1. The Bertz CT molecular complexity index is 659. The summed E-state index contributed by atoms with van der Waals surface area (Å²) in [5.74, 6) is 0.601. The van der Waals surface area contributed by atoms with Gasteiger partial charge in [-0.15, -0.1) is 11.3 Å². The Balaban J connectivity index is 1.75. The van der Waals surface area contributed by atoms with E-state index in [1.54, 1.807) is 23.3 Å². The van der Waals surface area contributed by atoms with Gasteiger partial charge in [0.1, 0.15) is 11.5 Å². The van der Waals surface area contributed by atoms with Crippen LogP contribution in [-0.2, 0) is 0 Å². The number of thiazole rings is 1. The molecule has 0 aliphatic heterocycles. The smallest absolute Gasteiger partial charge is 0.275 e. The molecule has 0 spiro atoms. The van der Waals surface area contributed by atoms with Crippen LogP contribution < -0.4 is 5.32 Å². The number of benzene rings is 1. The van der Waals surface area contributed by atoms with Gasteiger partial charge in [-0.2, -0.15) is 0 Å². The summed E-state index contributed by atoms with van der Waals surface area (Å²) in [7, 11) is 0. The number of nitrogens with one attached hydrogen (secondary N) is 2. The van der Waals surface area contributed by atoms with E-state index in [0.29, 0.717) is 5.69 Å². The molecule has 0 bridgehead atoms. The normalized spacial score (nSPS) is 10.3. The minimum absolute atomic E-state index is 0.202. The summed E-state index contributed by atoms with van der Waals surface area (Å²) >= 11 is 1.39. The zero-order valence-corrected chi connectivity index (χ0v) is 10.6. The molecule has 1 aromatic carbocycles. The van der Waals surface area contributed by atoms with Gasteiger partial charge in [0.25, 0.3) is 5.91 Å². The minimum atomic E-state index is -0.202. The van der Waals surface area contributed by atoms with Gasteiger partial charge in [-0.3, -0.25) is 4.79 Å². The summed E-state index contributed by atoms with van der Waals surface area (Å²) in [6.45, 7) is 0. The van der Waals surface area contributed by atoms with Crippen LogP contribution in [0.5, 0.6) is 0 Å². The SMILES string of the molecule is O=C(Nc1ccc(-c2ncc[nH]2)cc1)c1cscn1. The second-order valence-electron chi connectivity index (χ2n) is 3.84. The van der Waals surface area contributed by atoms with Crippen molar-refractivity contribution in [1.29, 1.82) is 0 Å². The van der Waals surface area contributed by atoms with Crippen LogP contribution in [0.25, 0.3) is 11.4 Å². The first-order valence-corrected chi connectivity index (χ1v) is 6.56. The van der Waals surface area contributed by atoms with Crippen molar-refractivity contribution >= 4 is 22.9 Å². The van der Waals surface area contributed by atoms with Crippen LogP contribution in [-0.4, -0.2) is 20.9 Å². The quantitative estimate of drug-likeness (QED) is 0.768. The van der Waals surface area contributed by atoms with Gasteiger partial charge in [-0.1, -0.05) is 0 Å². The standard InChI is InChI=1S/C13H10N4OS/c18-13(11-7-19-8-16-11)17-10-3-1-9(2-4-10)12-14-5-6-15-12/h1-8H,(H,14,15)(H,17,18). The third-order valence-electron chi connectivity index (χ3n) is 2.58. The Morgan fingerprint density at radius 1 is 1.21 bits per heavy atom. The molecule has 0 unspecified atom stereocenters. The molecule has 0 saturated carbocycles. The highest BCUT2D eigenvalue weighted by Crippen LogP contribution is 2.18. The van der Waals surface area contributed by atoms with Crippen molar-refractivity contribution in [1.82, 2.24) is 15.0 Å². The van der Waals surface area contributed by atoms with Crippen molar-refractivity contribution in [2.45, 2.75) is 0 Å². The van der Waals surface area contributed by atoms with Crippen LogP contribution >= 0.6 is 11.3 Å². The third-order valence-corrected chi connectivity index (χ3v) is 3.17. The average molecular weight is 270 g/mol. The Hall–Kier alpha value is -2.47. The number of H-pyrrole nitrogens is 1. The molecule has 5 nitrogen and oxygen atoms in total. The first-order valence-electron chi connectivity index (χ1n) is 5.62. The number of anilines is 1. The van der Waals surface area contributed by atoms with Crippen molar-refractivity contribution in [2.24, 2.45) is 0 Å². The molecule has 0 saturated heterocycles. The Morgan fingerprint density at radius 3 is 2.68 bits per heavy atom. The summed E-state index contributed by atoms with van der Waals surface area (Å²) in [5.41, 5.74) is 3.76. The van der Waals surface area contributed by atoms with Crippen molar-refractivity contribution in [2.75, 3.05) is 5.32 Å². The van der Waals surface area contributed by atoms with Crippen LogP contribution in [0.15, 0.2) is 47.5 Å². The Labute approximate surface area is 113 Å². The summed E-state index contributed by atoms with van der Waals surface area (Å²) < 4.78 is 0. The van der Waals surface area contributed by atoms with Gasteiger partial charge < -0.3 is 10.3 Å². The summed E-state index contributed by atoms with van der Waals surface area (Å²) in [6.07, 6.45) is 3.47. The predicted octanol–water partition coefficient (Wildman–Crippen LogP) is 2.79. The maximum absolute atomic E-state index is 11.8. The first-order chi connectivity index (χ1) is 9.33. The number of aromatic nitrogens is 3. The van der Waals surface area contributed by atoms with Crippen molar-refractivity contribution < 1.29 is 4.79 Å². The van der Waals surface area contributed by atoms with Crippen LogP contribution in [0.3, 0.4) is 0 Å². The summed E-state index contributed by atoms with van der Waals surface area (Å²) in [5, 5.41) is 4.51. The molecule has 2 heterocycles. The summed E-state index contributed by atoms with van der Waals surface area (Å²) in [4.78, 5) is 23.0. The fraction of sp³-hybridized carbons (Fsp3) is 0. The molecular weight excluding hydrogens is 260 g/mol. The van der Waals surface area contributed by atoms with E-state index in [1.165, 1.54) is 11.3 Å². The highest BCUT2D eigenvalue weighted by molar-refractivity contribution is 7.07. The number of imidazole rings is 1. The van der Waals surface area contributed by atoms with Crippen molar-refractivity contribution in [3.63, 3.8) is 0 Å². The molecule has 6 heteroatoms. The molecule has 0 fully saturated rings. The lowest BCUT2D eigenvalue weighted by Crippen LogP contribution is -2.11. The van der Waals surface area contributed by atoms with Gasteiger partial charge in [0.15, 0.2) is 0 Å². The number of aromatic amines is 1. The molecule has 0 radical (unpaired) electrons. The highest BCUT2D eigenvalue weighted by Gasteiger charge is 2.08. The maximum Gasteiger partial charge on any atom is 0.275 e. The molecule has 0 aliphatic rings. The number of carbonyl (C=O) groups is 1. The van der Waals surface area contributed by atoms with E-state index in [0.717, 1.165) is 17.1 Å². The lowest BCUT2D eigenvalue weighted by Gasteiger charge is -2.04. The van der Waals surface area contributed by atoms with E-state index in [4.69, 9.17) is 0 Å². The van der Waals surface area contributed by atoms with E-state index >= 15 is 0 Å². The van der Waals surface area contributed by atoms with E-state index in [9.17, 15) is 4.79 Å². The van der Waals surface area contributed by atoms with Crippen molar-refractivity contribution in [3.05, 3.63) is 53.2 Å². The van der Waals surface area contributed by atoms with Crippen LogP contribution in [0.1, 0.15) is 10.5 Å². The lowest BCUT2D eigenvalue weighted by atomic mass is 10.2. The molecule has 2 aromatic heterocycles. The fourth-order valence-electron chi connectivity index (χ4n) is 1.65. The van der Waals surface area contributed by atoms with Gasteiger partial charge >= 0.3 is 0 Å². The molecule has 2 N–H and O–H groups in total. The second-order valence-corrected chi connectivity index (χ2v) is 4.56. The topological polar surface area (TPSA) is 70.7 Å². The number of amides is 1. The number of hydrogen-bond donors (Lipinski definition) is 2. The molecule has 0 atom stereocenters. The minimum Gasteiger partial charge on any atom is -0.345 e. The number of rotatable bonds is 3. The van der Waals surface area contributed by atoms with Crippen LogP contribution in [0.4, 0.5) is 5.69 Å². The Kier molecular flexibility index (Phi) is 3.07. The van der Waals surface area contributed by atoms with Gasteiger partial charge in [0.05, 0.1) is 5.51 Å². The zero-order valence-electron chi connectivity index (χ0n) is 9.83. The molecular formula is C13H10N4OS. The molecule has 19 heavy (non-hydrogen) atoms. The third kappa shape index (κ3) is 2.53. The zero-order chi connectivity index (χ0) is 13.1. The molecule has 94 valence electrons. The largest absolute Gasteiger partial charge is 0.345 e. The van der Waals surface area contributed by atoms with Gasteiger partial charge in [-0.25, -0.2) is 9.97 Å². The molecule has 3 aromatic rings. The van der Waals surface area contributed by atoms with E-state index in [1.807, 2.05) is 24.3 Å². The van der Waals surface area contributed by atoms with Gasteiger partial charge in [0, 0.05) is 29.0 Å². The average Bonchev–Trinajstić information content (AvgIpc) is 3.13. The molecule has 3 rings (SSSR count). The maximum atomic E-state index is 11.8. The van der Waals surface area contributed by atoms with E-state index in [-0.39, 0.29) is 5.91 Å². The van der Waals surface area contributed by atoms with Gasteiger partial charge in [-0.05, 0) is 24.3 Å². The number of nitrogens with zero attached hydrogens (tertiary/aromatic N) is 2. The van der Waals surface area contributed by atoms with E-state index < -0.39 is 0 Å².